The molecule has 5 atom stereocenters. The van der Waals surface area contributed by atoms with Gasteiger partial charge in [0, 0.05) is 19.2 Å². The maximum atomic E-state index is 5.57. The fourth-order valence-electron chi connectivity index (χ4n) is 5.99. The summed E-state index contributed by atoms with van der Waals surface area (Å²) >= 11 is 0. The Bertz CT molecular complexity index is 712. The molecule has 156 valence electrons. The smallest absolute Gasteiger partial charge is 0.0618 e. The highest BCUT2D eigenvalue weighted by Crippen LogP contribution is 2.53. The molecule has 0 bridgehead atoms. The average molecular weight is 410 g/mol. The summed E-state index contributed by atoms with van der Waals surface area (Å²) in [5, 5.41) is 3.08. The van der Waals surface area contributed by atoms with Gasteiger partial charge in [-0.2, -0.15) is 0 Å². The fraction of sp³-hybridized carbons (Fsp3) is 0.538. The van der Waals surface area contributed by atoms with E-state index in [1.165, 1.54) is 32.2 Å². The first-order valence-corrected chi connectivity index (χ1v) is 12.8. The van der Waals surface area contributed by atoms with Crippen LogP contribution in [0.2, 0.25) is 0 Å². The fourth-order valence-corrected chi connectivity index (χ4v) is 9.34. The van der Waals surface area contributed by atoms with E-state index in [1.54, 1.807) is 10.6 Å². The molecule has 0 radical (unpaired) electrons. The average Bonchev–Trinajstić information content (AvgIpc) is 3.37. The quantitative estimate of drug-likeness (QED) is 0.595. The zero-order valence-corrected chi connectivity index (χ0v) is 19.1. The summed E-state index contributed by atoms with van der Waals surface area (Å²) in [4.78, 5) is 2.78. The Morgan fingerprint density at radius 2 is 1.59 bits per heavy atom. The van der Waals surface area contributed by atoms with Gasteiger partial charge in [0.05, 0.1) is 6.61 Å². The molecule has 4 unspecified atom stereocenters. The highest BCUT2D eigenvalue weighted by Gasteiger charge is 2.45. The second-order valence-electron chi connectivity index (χ2n) is 8.97. The maximum absolute atomic E-state index is 5.57. The number of hydrogen-bond donors (Lipinski definition) is 0. The van der Waals surface area contributed by atoms with Crippen LogP contribution < -0.4 is 10.6 Å². The standard InChI is InChI=1S/C26H36NOP/c1-20-16-17-25(26(20)21(2)27-18-10-11-22(27)19-28-3)29(23-12-6-4-7-13-23)24-14-8-5-9-15-24/h4-9,12-15,20-22,25-26H,10-11,16-19H2,1-3H3/t20?,21?,22-,25?,26?/m0/s1. The molecule has 0 N–H and O–H groups in total. The molecule has 1 saturated heterocycles. The van der Waals surface area contributed by atoms with Crippen molar-refractivity contribution in [3.63, 3.8) is 0 Å². The number of ether oxygens (including phenoxy) is 1. The molecule has 0 aromatic heterocycles. The van der Waals surface area contributed by atoms with Crippen LogP contribution in [0.1, 0.15) is 39.5 Å². The molecule has 4 rings (SSSR count). The van der Waals surface area contributed by atoms with Crippen molar-refractivity contribution < 1.29 is 4.74 Å². The van der Waals surface area contributed by atoms with Crippen molar-refractivity contribution >= 4 is 18.5 Å². The zero-order valence-electron chi connectivity index (χ0n) is 18.2. The van der Waals surface area contributed by atoms with E-state index in [9.17, 15) is 0 Å². The van der Waals surface area contributed by atoms with Gasteiger partial charge in [0.25, 0.3) is 0 Å². The minimum Gasteiger partial charge on any atom is -0.383 e. The summed E-state index contributed by atoms with van der Waals surface area (Å²) in [5.41, 5.74) is 0.753. The molecule has 2 fully saturated rings. The van der Waals surface area contributed by atoms with Crippen molar-refractivity contribution in [2.45, 2.75) is 57.3 Å². The summed E-state index contributed by atoms with van der Waals surface area (Å²) in [7, 11) is 1.51. The number of rotatable bonds is 7. The molecule has 2 aromatic carbocycles. The van der Waals surface area contributed by atoms with Crippen molar-refractivity contribution in [2.75, 3.05) is 20.3 Å². The van der Waals surface area contributed by atoms with Crippen LogP contribution in [-0.4, -0.2) is 42.9 Å². The first kappa shape index (κ1) is 21.0. The van der Waals surface area contributed by atoms with Gasteiger partial charge in [-0.3, -0.25) is 4.90 Å². The monoisotopic (exact) mass is 409 g/mol. The number of benzene rings is 2. The number of methoxy groups -OCH3 is 1. The SMILES string of the molecule is COC[C@@H]1CCCN1C(C)C1C(C)CCC1P(c1ccccc1)c1ccccc1. The third-order valence-electron chi connectivity index (χ3n) is 7.28. The van der Waals surface area contributed by atoms with E-state index in [1.807, 2.05) is 7.11 Å². The molecule has 2 aliphatic rings. The Morgan fingerprint density at radius 1 is 0.966 bits per heavy atom. The molecule has 1 heterocycles. The van der Waals surface area contributed by atoms with Crippen molar-refractivity contribution in [3.8, 4) is 0 Å². The Balaban J connectivity index is 1.66. The van der Waals surface area contributed by atoms with Gasteiger partial charge in [-0.1, -0.05) is 67.6 Å². The van der Waals surface area contributed by atoms with E-state index in [0.717, 1.165) is 24.1 Å². The number of hydrogen-bond acceptors (Lipinski definition) is 2. The molecule has 2 aromatic rings. The summed E-state index contributed by atoms with van der Waals surface area (Å²) in [6, 6.07) is 23.9. The van der Waals surface area contributed by atoms with E-state index in [-0.39, 0.29) is 7.92 Å². The molecule has 0 spiro atoms. The Labute approximate surface area is 178 Å². The van der Waals surface area contributed by atoms with Gasteiger partial charge in [0.15, 0.2) is 0 Å². The van der Waals surface area contributed by atoms with Crippen molar-refractivity contribution in [1.82, 2.24) is 4.90 Å². The molecular formula is C26H36NOP. The third-order valence-corrected chi connectivity index (χ3v) is 10.3. The molecule has 1 saturated carbocycles. The molecular weight excluding hydrogens is 373 g/mol. The van der Waals surface area contributed by atoms with Crippen LogP contribution in [0, 0.1) is 11.8 Å². The minimum atomic E-state index is -0.345. The number of likely N-dealkylation sites (tertiary alicyclic amines) is 1. The summed E-state index contributed by atoms with van der Waals surface area (Å²) in [6.45, 7) is 7.13. The van der Waals surface area contributed by atoms with Crippen molar-refractivity contribution in [3.05, 3.63) is 60.7 Å². The van der Waals surface area contributed by atoms with Gasteiger partial charge in [-0.25, -0.2) is 0 Å². The Kier molecular flexibility index (Phi) is 7.06. The van der Waals surface area contributed by atoms with E-state index in [4.69, 9.17) is 4.74 Å². The highest BCUT2D eigenvalue weighted by molar-refractivity contribution is 7.73. The number of nitrogens with zero attached hydrogens (tertiary/aromatic N) is 1. The second kappa shape index (κ2) is 9.73. The first-order valence-electron chi connectivity index (χ1n) is 11.3. The molecule has 1 aliphatic heterocycles. The van der Waals surface area contributed by atoms with Crippen LogP contribution >= 0.6 is 7.92 Å². The Morgan fingerprint density at radius 3 is 2.17 bits per heavy atom. The van der Waals surface area contributed by atoms with Gasteiger partial charge in [-0.15, -0.1) is 0 Å². The van der Waals surface area contributed by atoms with Gasteiger partial charge in [-0.05, 0) is 75.2 Å². The Hall–Kier alpha value is -1.21. The normalized spacial score (nSPS) is 28.8. The lowest BCUT2D eigenvalue weighted by Crippen LogP contribution is -2.47. The molecule has 1 aliphatic carbocycles. The zero-order chi connectivity index (χ0) is 20.2. The van der Waals surface area contributed by atoms with Crippen LogP contribution in [0.25, 0.3) is 0 Å². The molecule has 2 nitrogen and oxygen atoms in total. The van der Waals surface area contributed by atoms with E-state index < -0.39 is 0 Å². The van der Waals surface area contributed by atoms with Crippen LogP contribution in [0.3, 0.4) is 0 Å². The van der Waals surface area contributed by atoms with Gasteiger partial charge < -0.3 is 4.74 Å². The van der Waals surface area contributed by atoms with Gasteiger partial charge in [0.2, 0.25) is 0 Å². The third kappa shape index (κ3) is 4.46. The lowest BCUT2D eigenvalue weighted by atomic mass is 9.89. The van der Waals surface area contributed by atoms with Crippen LogP contribution in [0.4, 0.5) is 0 Å². The van der Waals surface area contributed by atoms with Gasteiger partial charge >= 0.3 is 0 Å². The minimum absolute atomic E-state index is 0.345. The summed E-state index contributed by atoms with van der Waals surface area (Å²) in [5.74, 6) is 1.54. The van der Waals surface area contributed by atoms with Crippen molar-refractivity contribution in [1.29, 1.82) is 0 Å². The van der Waals surface area contributed by atoms with E-state index in [0.29, 0.717) is 12.1 Å². The second-order valence-corrected chi connectivity index (χ2v) is 11.4. The molecule has 0 amide bonds. The lowest BCUT2D eigenvalue weighted by Gasteiger charge is -2.41. The highest BCUT2D eigenvalue weighted by atomic mass is 31.1. The maximum Gasteiger partial charge on any atom is 0.0618 e. The van der Waals surface area contributed by atoms with Crippen LogP contribution in [0.5, 0.6) is 0 Å². The van der Waals surface area contributed by atoms with E-state index >= 15 is 0 Å². The van der Waals surface area contributed by atoms with Crippen LogP contribution in [-0.2, 0) is 4.74 Å². The summed E-state index contributed by atoms with van der Waals surface area (Å²) in [6.07, 6.45) is 5.32. The van der Waals surface area contributed by atoms with Crippen molar-refractivity contribution in [2.24, 2.45) is 11.8 Å². The van der Waals surface area contributed by atoms with Gasteiger partial charge in [0.1, 0.15) is 0 Å². The predicted octanol–water partition coefficient (Wildman–Crippen LogP) is 5.03. The first-order chi connectivity index (χ1) is 14.2. The predicted molar refractivity (Wildman–Crippen MR) is 126 cm³/mol. The largest absolute Gasteiger partial charge is 0.383 e. The van der Waals surface area contributed by atoms with E-state index in [2.05, 4.69) is 79.4 Å². The lowest BCUT2D eigenvalue weighted by molar-refractivity contribution is 0.0673. The molecule has 29 heavy (non-hydrogen) atoms. The van der Waals surface area contributed by atoms with Crippen LogP contribution in [0.15, 0.2) is 60.7 Å². The summed E-state index contributed by atoms with van der Waals surface area (Å²) < 4.78 is 5.57. The topological polar surface area (TPSA) is 12.5 Å². The molecule has 3 heteroatoms.